The van der Waals surface area contributed by atoms with Crippen molar-refractivity contribution in [1.29, 1.82) is 0 Å². The first kappa shape index (κ1) is 26.9. The zero-order valence-electron chi connectivity index (χ0n) is 21.8. The number of carbonyl (C=O) groups excluding carboxylic acids is 1. The SMILES string of the molecule is CCN(CC)C(=O)c1ccc(C(c2cccc(N(C)C(=O)O)c2)N2CCN(Cc3ccsc3)CC2)cc1. The van der Waals surface area contributed by atoms with Crippen molar-refractivity contribution in [2.75, 3.05) is 51.2 Å². The lowest BCUT2D eigenvalue weighted by Crippen LogP contribution is -2.47. The molecular weight excluding hydrogens is 484 g/mol. The smallest absolute Gasteiger partial charge is 0.411 e. The van der Waals surface area contributed by atoms with Crippen molar-refractivity contribution in [2.24, 2.45) is 0 Å². The normalized spacial score (nSPS) is 15.3. The number of carbonyl (C=O) groups is 2. The summed E-state index contributed by atoms with van der Waals surface area (Å²) in [6, 6.07) is 17.9. The molecule has 1 atom stereocenters. The van der Waals surface area contributed by atoms with Crippen LogP contribution in [0.15, 0.2) is 65.4 Å². The predicted molar refractivity (Wildman–Crippen MR) is 150 cm³/mol. The van der Waals surface area contributed by atoms with E-state index in [1.165, 1.54) is 10.5 Å². The van der Waals surface area contributed by atoms with Crippen LogP contribution in [0, 0.1) is 0 Å². The fourth-order valence-corrected chi connectivity index (χ4v) is 5.61. The van der Waals surface area contributed by atoms with Crippen molar-refractivity contribution in [2.45, 2.75) is 26.4 Å². The van der Waals surface area contributed by atoms with Crippen LogP contribution in [0.5, 0.6) is 0 Å². The molecule has 1 N–H and O–H groups in total. The minimum Gasteiger partial charge on any atom is -0.465 e. The lowest BCUT2D eigenvalue weighted by molar-refractivity contribution is 0.0772. The zero-order chi connectivity index (χ0) is 26.4. The van der Waals surface area contributed by atoms with Crippen LogP contribution in [0.2, 0.25) is 0 Å². The lowest BCUT2D eigenvalue weighted by atomic mass is 9.94. The van der Waals surface area contributed by atoms with Gasteiger partial charge in [-0.05, 0) is 71.6 Å². The Hall–Kier alpha value is -3.20. The van der Waals surface area contributed by atoms with Gasteiger partial charge in [0.05, 0.1) is 6.04 Å². The standard InChI is InChI=1S/C29H36N4O3S/c1-4-32(5-2)28(34)24-11-9-23(10-12-24)27(25-7-6-8-26(19-25)30(3)29(35)36)33-16-14-31(15-17-33)20-22-13-18-37-21-22/h6-13,18-19,21,27H,4-5,14-17,20H2,1-3H3,(H,35,36). The fourth-order valence-electron chi connectivity index (χ4n) is 4.95. The molecule has 3 aromatic rings. The van der Waals surface area contributed by atoms with Crippen molar-refractivity contribution in [3.8, 4) is 0 Å². The van der Waals surface area contributed by atoms with Gasteiger partial charge in [0.1, 0.15) is 0 Å². The van der Waals surface area contributed by atoms with Crippen LogP contribution in [0.4, 0.5) is 10.5 Å². The molecular formula is C29H36N4O3S. The molecule has 0 aliphatic carbocycles. The molecule has 2 heterocycles. The summed E-state index contributed by atoms with van der Waals surface area (Å²) in [5.74, 6) is 0.0419. The maximum atomic E-state index is 12.9. The van der Waals surface area contributed by atoms with E-state index in [1.807, 2.05) is 61.2 Å². The molecule has 1 fully saturated rings. The number of benzene rings is 2. The fraction of sp³-hybridized carbons (Fsp3) is 0.379. The van der Waals surface area contributed by atoms with Crippen molar-refractivity contribution < 1.29 is 14.7 Å². The van der Waals surface area contributed by atoms with E-state index in [0.717, 1.165) is 43.9 Å². The predicted octanol–water partition coefficient (Wildman–Crippen LogP) is 5.25. The van der Waals surface area contributed by atoms with Gasteiger partial charge in [0.25, 0.3) is 5.91 Å². The molecule has 8 heteroatoms. The van der Waals surface area contributed by atoms with Gasteiger partial charge in [0, 0.05) is 64.1 Å². The quantitative estimate of drug-likeness (QED) is 0.417. The largest absolute Gasteiger partial charge is 0.465 e. The van der Waals surface area contributed by atoms with E-state index in [4.69, 9.17) is 0 Å². The molecule has 2 aromatic carbocycles. The van der Waals surface area contributed by atoms with Crippen LogP contribution in [0.25, 0.3) is 0 Å². The van der Waals surface area contributed by atoms with Gasteiger partial charge in [-0.15, -0.1) is 0 Å². The molecule has 0 saturated carbocycles. The molecule has 1 saturated heterocycles. The Balaban J connectivity index is 1.61. The Morgan fingerprint density at radius 2 is 1.68 bits per heavy atom. The van der Waals surface area contributed by atoms with Gasteiger partial charge in [0.2, 0.25) is 0 Å². The van der Waals surface area contributed by atoms with Crippen LogP contribution < -0.4 is 4.90 Å². The van der Waals surface area contributed by atoms with Gasteiger partial charge >= 0.3 is 6.09 Å². The third kappa shape index (κ3) is 6.39. The Bertz CT molecular complexity index is 1170. The van der Waals surface area contributed by atoms with Gasteiger partial charge in [-0.25, -0.2) is 4.79 Å². The van der Waals surface area contributed by atoms with E-state index >= 15 is 0 Å². The number of hydrogen-bond donors (Lipinski definition) is 1. The molecule has 1 unspecified atom stereocenters. The second-order valence-corrected chi connectivity index (χ2v) is 10.2. The Morgan fingerprint density at radius 1 is 0.973 bits per heavy atom. The average molecular weight is 521 g/mol. The lowest BCUT2D eigenvalue weighted by Gasteiger charge is -2.40. The molecule has 1 aliphatic heterocycles. The second kappa shape index (κ2) is 12.4. The van der Waals surface area contributed by atoms with E-state index in [9.17, 15) is 14.7 Å². The molecule has 2 amide bonds. The highest BCUT2D eigenvalue weighted by molar-refractivity contribution is 7.07. The highest BCUT2D eigenvalue weighted by Crippen LogP contribution is 2.32. The summed E-state index contributed by atoms with van der Waals surface area (Å²) in [7, 11) is 1.56. The first-order valence-corrected chi connectivity index (χ1v) is 13.8. The van der Waals surface area contributed by atoms with Crippen LogP contribution >= 0.6 is 11.3 Å². The molecule has 37 heavy (non-hydrogen) atoms. The van der Waals surface area contributed by atoms with Crippen LogP contribution in [-0.4, -0.2) is 78.1 Å². The van der Waals surface area contributed by atoms with Crippen LogP contribution in [-0.2, 0) is 6.54 Å². The van der Waals surface area contributed by atoms with E-state index < -0.39 is 6.09 Å². The number of rotatable bonds is 9. The Labute approximate surface area is 223 Å². The first-order chi connectivity index (χ1) is 17.9. The van der Waals surface area contributed by atoms with Gasteiger partial charge in [-0.1, -0.05) is 24.3 Å². The molecule has 7 nitrogen and oxygen atoms in total. The first-order valence-electron chi connectivity index (χ1n) is 12.8. The van der Waals surface area contributed by atoms with Crippen molar-refractivity contribution >= 4 is 29.0 Å². The minimum absolute atomic E-state index is 0.0388. The molecule has 1 aliphatic rings. The van der Waals surface area contributed by atoms with Gasteiger partial charge in [-0.3, -0.25) is 19.5 Å². The van der Waals surface area contributed by atoms with E-state index in [2.05, 4.69) is 32.7 Å². The molecule has 0 radical (unpaired) electrons. The highest BCUT2D eigenvalue weighted by Gasteiger charge is 2.27. The van der Waals surface area contributed by atoms with Crippen LogP contribution in [0.3, 0.4) is 0 Å². The number of hydrogen-bond acceptors (Lipinski definition) is 5. The Morgan fingerprint density at radius 3 is 2.27 bits per heavy atom. The van der Waals surface area contributed by atoms with E-state index in [-0.39, 0.29) is 11.9 Å². The zero-order valence-corrected chi connectivity index (χ0v) is 22.7. The maximum Gasteiger partial charge on any atom is 0.411 e. The summed E-state index contributed by atoms with van der Waals surface area (Å²) in [6.07, 6.45) is -0.991. The summed E-state index contributed by atoms with van der Waals surface area (Å²) in [4.78, 5) is 32.5. The van der Waals surface area contributed by atoms with Crippen molar-refractivity contribution in [3.05, 3.63) is 87.6 Å². The molecule has 196 valence electrons. The number of piperazine rings is 1. The Kier molecular flexibility index (Phi) is 8.97. The third-order valence-electron chi connectivity index (χ3n) is 7.14. The number of nitrogens with zero attached hydrogens (tertiary/aromatic N) is 4. The number of thiophene rings is 1. The highest BCUT2D eigenvalue weighted by atomic mass is 32.1. The summed E-state index contributed by atoms with van der Waals surface area (Å²) in [6.45, 7) is 10.0. The van der Waals surface area contributed by atoms with Gasteiger partial charge < -0.3 is 10.0 Å². The minimum atomic E-state index is -0.991. The van der Waals surface area contributed by atoms with E-state index in [1.54, 1.807) is 18.4 Å². The van der Waals surface area contributed by atoms with Gasteiger partial charge in [0.15, 0.2) is 0 Å². The second-order valence-electron chi connectivity index (χ2n) is 9.38. The molecule has 1 aromatic heterocycles. The third-order valence-corrected chi connectivity index (χ3v) is 7.87. The molecule has 0 bridgehead atoms. The van der Waals surface area contributed by atoms with Crippen molar-refractivity contribution in [3.63, 3.8) is 0 Å². The number of anilines is 1. The average Bonchev–Trinajstić information content (AvgIpc) is 3.43. The summed E-state index contributed by atoms with van der Waals surface area (Å²) < 4.78 is 0. The summed E-state index contributed by atoms with van der Waals surface area (Å²) in [5, 5.41) is 13.8. The monoisotopic (exact) mass is 520 g/mol. The summed E-state index contributed by atoms with van der Waals surface area (Å²) >= 11 is 1.73. The number of amides is 2. The topological polar surface area (TPSA) is 67.3 Å². The van der Waals surface area contributed by atoms with Crippen molar-refractivity contribution in [1.82, 2.24) is 14.7 Å². The van der Waals surface area contributed by atoms with Crippen LogP contribution in [0.1, 0.15) is 46.9 Å². The molecule has 0 spiro atoms. The number of carboxylic acid groups (broad SMARTS) is 1. The summed E-state index contributed by atoms with van der Waals surface area (Å²) in [5.41, 5.74) is 4.82. The molecule has 4 rings (SSSR count). The van der Waals surface area contributed by atoms with E-state index in [0.29, 0.717) is 24.3 Å². The maximum absolute atomic E-state index is 12.9. The van der Waals surface area contributed by atoms with Gasteiger partial charge in [-0.2, -0.15) is 11.3 Å².